The van der Waals surface area contributed by atoms with Gasteiger partial charge in [-0.05, 0) is 19.1 Å². The summed E-state index contributed by atoms with van der Waals surface area (Å²) in [4.78, 5) is 3.28. The van der Waals surface area contributed by atoms with E-state index >= 15 is 0 Å². The summed E-state index contributed by atoms with van der Waals surface area (Å²) < 4.78 is 5.33. The molecule has 1 aromatic heterocycles. The molecule has 3 aromatic rings. The van der Waals surface area contributed by atoms with Gasteiger partial charge in [0.2, 0.25) is 0 Å². The summed E-state index contributed by atoms with van der Waals surface area (Å²) >= 11 is 0. The van der Waals surface area contributed by atoms with Crippen LogP contribution in [-0.4, -0.2) is 17.2 Å². The van der Waals surface area contributed by atoms with E-state index in [2.05, 4.69) is 24.0 Å². The highest BCUT2D eigenvalue weighted by atomic mass is 16.5. The van der Waals surface area contributed by atoms with Gasteiger partial charge in [-0.3, -0.25) is 0 Å². The second-order valence-corrected chi connectivity index (χ2v) is 4.24. The zero-order valence-corrected chi connectivity index (χ0v) is 9.74. The van der Waals surface area contributed by atoms with Crippen LogP contribution in [-0.2, 0) is 0 Å². The SMILES string of the molecule is COc1cc(O)cc2[nH]c3ccc(C)cc3c12. The molecule has 86 valence electrons. The smallest absolute Gasteiger partial charge is 0.132 e. The van der Waals surface area contributed by atoms with Gasteiger partial charge < -0.3 is 14.8 Å². The Morgan fingerprint density at radius 2 is 1.94 bits per heavy atom. The molecule has 0 aliphatic rings. The van der Waals surface area contributed by atoms with Gasteiger partial charge >= 0.3 is 0 Å². The summed E-state index contributed by atoms with van der Waals surface area (Å²) in [5.41, 5.74) is 3.14. The number of fused-ring (bicyclic) bond motifs is 3. The lowest BCUT2D eigenvalue weighted by atomic mass is 10.1. The number of rotatable bonds is 1. The zero-order valence-electron chi connectivity index (χ0n) is 9.74. The molecule has 0 aliphatic carbocycles. The molecule has 0 fully saturated rings. The lowest BCUT2D eigenvalue weighted by molar-refractivity contribution is 0.413. The van der Waals surface area contributed by atoms with Crippen molar-refractivity contribution in [2.24, 2.45) is 0 Å². The first-order valence-electron chi connectivity index (χ1n) is 5.48. The largest absolute Gasteiger partial charge is 0.508 e. The quantitative estimate of drug-likeness (QED) is 0.669. The van der Waals surface area contributed by atoms with Gasteiger partial charge in [-0.2, -0.15) is 0 Å². The molecule has 0 radical (unpaired) electrons. The highest BCUT2D eigenvalue weighted by molar-refractivity contribution is 6.11. The standard InChI is InChI=1S/C14H13NO2/c1-8-3-4-11-10(5-8)14-12(15-11)6-9(16)7-13(14)17-2/h3-7,15-16H,1-2H3. The van der Waals surface area contributed by atoms with Gasteiger partial charge in [0, 0.05) is 28.4 Å². The Hall–Kier alpha value is -2.16. The number of aromatic hydroxyl groups is 1. The molecule has 3 nitrogen and oxygen atoms in total. The Balaban J connectivity index is 2.53. The molecule has 1 heterocycles. The fraction of sp³-hybridized carbons (Fsp3) is 0.143. The molecule has 3 rings (SSSR count). The van der Waals surface area contributed by atoms with Crippen molar-refractivity contribution in [3.63, 3.8) is 0 Å². The van der Waals surface area contributed by atoms with E-state index in [0.717, 1.165) is 21.8 Å². The van der Waals surface area contributed by atoms with Crippen LogP contribution in [0.5, 0.6) is 11.5 Å². The summed E-state index contributed by atoms with van der Waals surface area (Å²) in [5, 5.41) is 11.8. The van der Waals surface area contributed by atoms with Gasteiger partial charge in [0.1, 0.15) is 11.5 Å². The summed E-state index contributed by atoms with van der Waals surface area (Å²) in [5.74, 6) is 0.898. The monoisotopic (exact) mass is 227 g/mol. The average molecular weight is 227 g/mol. The number of aromatic amines is 1. The number of methoxy groups -OCH3 is 1. The van der Waals surface area contributed by atoms with Crippen LogP contribution in [0.2, 0.25) is 0 Å². The molecule has 0 aliphatic heterocycles. The van der Waals surface area contributed by atoms with Crippen molar-refractivity contribution in [2.45, 2.75) is 6.92 Å². The number of phenolic OH excluding ortho intramolecular Hbond substituents is 1. The normalized spacial score (nSPS) is 11.2. The minimum atomic E-state index is 0.206. The Morgan fingerprint density at radius 1 is 1.12 bits per heavy atom. The third-order valence-electron chi connectivity index (χ3n) is 3.02. The predicted molar refractivity (Wildman–Crippen MR) is 68.8 cm³/mol. The Morgan fingerprint density at radius 3 is 2.71 bits per heavy atom. The molecule has 0 bridgehead atoms. The van der Waals surface area contributed by atoms with Crippen molar-refractivity contribution in [3.8, 4) is 11.5 Å². The van der Waals surface area contributed by atoms with E-state index in [1.54, 1.807) is 19.2 Å². The molecule has 0 saturated heterocycles. The van der Waals surface area contributed by atoms with Crippen LogP contribution in [0, 0.1) is 6.92 Å². The van der Waals surface area contributed by atoms with Crippen molar-refractivity contribution >= 4 is 21.8 Å². The van der Waals surface area contributed by atoms with Crippen molar-refractivity contribution < 1.29 is 9.84 Å². The molecular formula is C14H13NO2. The molecule has 0 spiro atoms. The topological polar surface area (TPSA) is 45.2 Å². The summed E-state index contributed by atoms with van der Waals surface area (Å²) in [7, 11) is 1.61. The molecular weight excluding hydrogens is 214 g/mol. The second kappa shape index (κ2) is 3.42. The zero-order chi connectivity index (χ0) is 12.0. The van der Waals surface area contributed by atoms with E-state index in [-0.39, 0.29) is 5.75 Å². The maximum Gasteiger partial charge on any atom is 0.132 e. The number of hydrogen-bond acceptors (Lipinski definition) is 2. The highest BCUT2D eigenvalue weighted by Crippen LogP contribution is 2.36. The molecule has 0 amide bonds. The summed E-state index contributed by atoms with van der Waals surface area (Å²) in [6.07, 6.45) is 0. The number of aromatic nitrogens is 1. The van der Waals surface area contributed by atoms with Crippen LogP contribution >= 0.6 is 0 Å². The minimum Gasteiger partial charge on any atom is -0.508 e. The van der Waals surface area contributed by atoms with Crippen molar-refractivity contribution in [1.82, 2.24) is 4.98 Å². The summed E-state index contributed by atoms with van der Waals surface area (Å²) in [6.45, 7) is 2.06. The molecule has 3 heteroatoms. The number of nitrogens with one attached hydrogen (secondary N) is 1. The first-order chi connectivity index (χ1) is 8.19. The van der Waals surface area contributed by atoms with Crippen LogP contribution < -0.4 is 4.74 Å². The van der Waals surface area contributed by atoms with E-state index < -0.39 is 0 Å². The van der Waals surface area contributed by atoms with Gasteiger partial charge in [0.25, 0.3) is 0 Å². The Kier molecular flexibility index (Phi) is 2.01. The lowest BCUT2D eigenvalue weighted by Gasteiger charge is -2.03. The van der Waals surface area contributed by atoms with Crippen LogP contribution in [0.4, 0.5) is 0 Å². The van der Waals surface area contributed by atoms with E-state index in [1.807, 2.05) is 6.07 Å². The second-order valence-electron chi connectivity index (χ2n) is 4.24. The van der Waals surface area contributed by atoms with Crippen LogP contribution in [0.15, 0.2) is 30.3 Å². The van der Waals surface area contributed by atoms with E-state index in [9.17, 15) is 5.11 Å². The number of aryl methyl sites for hydroxylation is 1. The Bertz CT molecular complexity index is 713. The minimum absolute atomic E-state index is 0.206. The van der Waals surface area contributed by atoms with Crippen molar-refractivity contribution in [3.05, 3.63) is 35.9 Å². The van der Waals surface area contributed by atoms with Crippen LogP contribution in [0.3, 0.4) is 0 Å². The third-order valence-corrected chi connectivity index (χ3v) is 3.02. The molecule has 17 heavy (non-hydrogen) atoms. The molecule has 0 atom stereocenters. The van der Waals surface area contributed by atoms with E-state index in [0.29, 0.717) is 5.75 Å². The van der Waals surface area contributed by atoms with Crippen LogP contribution in [0.1, 0.15) is 5.56 Å². The van der Waals surface area contributed by atoms with Crippen molar-refractivity contribution in [1.29, 1.82) is 0 Å². The van der Waals surface area contributed by atoms with Gasteiger partial charge in [-0.15, -0.1) is 0 Å². The Labute approximate surface area is 98.6 Å². The third kappa shape index (κ3) is 1.43. The van der Waals surface area contributed by atoms with Gasteiger partial charge in [0.05, 0.1) is 12.6 Å². The van der Waals surface area contributed by atoms with Crippen molar-refractivity contribution in [2.75, 3.05) is 7.11 Å². The maximum atomic E-state index is 9.62. The van der Waals surface area contributed by atoms with Crippen LogP contribution in [0.25, 0.3) is 21.8 Å². The molecule has 2 N–H and O–H groups in total. The fourth-order valence-electron chi connectivity index (χ4n) is 2.26. The van der Waals surface area contributed by atoms with Gasteiger partial charge in [0.15, 0.2) is 0 Å². The number of hydrogen-bond donors (Lipinski definition) is 2. The highest BCUT2D eigenvalue weighted by Gasteiger charge is 2.11. The number of phenols is 1. The number of ether oxygens (including phenoxy) is 1. The van der Waals surface area contributed by atoms with E-state index in [4.69, 9.17) is 4.74 Å². The maximum absolute atomic E-state index is 9.62. The van der Waals surface area contributed by atoms with E-state index in [1.165, 1.54) is 5.56 Å². The first-order valence-corrected chi connectivity index (χ1v) is 5.48. The van der Waals surface area contributed by atoms with Gasteiger partial charge in [-0.25, -0.2) is 0 Å². The first kappa shape index (κ1) is 10.0. The molecule has 2 aromatic carbocycles. The summed E-state index contributed by atoms with van der Waals surface area (Å²) in [6, 6.07) is 9.57. The predicted octanol–water partition coefficient (Wildman–Crippen LogP) is 3.34. The lowest BCUT2D eigenvalue weighted by Crippen LogP contribution is -1.83. The average Bonchev–Trinajstić information content (AvgIpc) is 2.65. The molecule has 0 saturated carbocycles. The fourth-order valence-corrected chi connectivity index (χ4v) is 2.26. The van der Waals surface area contributed by atoms with Gasteiger partial charge in [-0.1, -0.05) is 11.6 Å². The molecule has 0 unspecified atom stereocenters. The number of benzene rings is 2. The number of H-pyrrole nitrogens is 1.